The number of carbonyl (C=O) groups excluding carboxylic acids is 2. The number of nitrogens with zero attached hydrogens (tertiary/aromatic N) is 1. The highest BCUT2D eigenvalue weighted by molar-refractivity contribution is 6.05. The lowest BCUT2D eigenvalue weighted by Gasteiger charge is -2.29. The Morgan fingerprint density at radius 2 is 1.92 bits per heavy atom. The molecule has 3 rings (SSSR count). The van der Waals surface area contributed by atoms with Gasteiger partial charge in [0.25, 0.3) is 5.91 Å². The second-order valence-corrected chi connectivity index (χ2v) is 6.43. The molecule has 5 heteroatoms. The molecule has 0 spiro atoms. The summed E-state index contributed by atoms with van der Waals surface area (Å²) in [4.78, 5) is 26.5. The van der Waals surface area contributed by atoms with Gasteiger partial charge in [0.2, 0.25) is 5.91 Å². The van der Waals surface area contributed by atoms with Gasteiger partial charge in [-0.2, -0.15) is 0 Å². The number of hydrogen-bond acceptors (Lipinski definition) is 3. The van der Waals surface area contributed by atoms with Crippen LogP contribution in [-0.4, -0.2) is 25.5 Å². The molecule has 0 saturated heterocycles. The molecule has 5 nitrogen and oxygen atoms in total. The third kappa shape index (κ3) is 3.87. The van der Waals surface area contributed by atoms with Gasteiger partial charge in [0.1, 0.15) is 5.75 Å². The van der Waals surface area contributed by atoms with Crippen molar-refractivity contribution in [2.45, 2.75) is 32.6 Å². The van der Waals surface area contributed by atoms with Gasteiger partial charge in [-0.3, -0.25) is 9.59 Å². The number of methoxy groups -OCH3 is 1. The van der Waals surface area contributed by atoms with Crippen LogP contribution in [0.1, 0.15) is 42.1 Å². The van der Waals surface area contributed by atoms with Crippen molar-refractivity contribution in [1.29, 1.82) is 0 Å². The first-order valence-electron chi connectivity index (χ1n) is 9.01. The molecule has 1 aliphatic rings. The number of amides is 2. The van der Waals surface area contributed by atoms with E-state index >= 15 is 0 Å². The van der Waals surface area contributed by atoms with Crippen LogP contribution in [0, 0.1) is 0 Å². The Morgan fingerprint density at radius 3 is 2.62 bits per heavy atom. The molecule has 1 aliphatic heterocycles. The van der Waals surface area contributed by atoms with E-state index in [1.165, 1.54) is 0 Å². The summed E-state index contributed by atoms with van der Waals surface area (Å²) in [6.45, 7) is 2.87. The van der Waals surface area contributed by atoms with Gasteiger partial charge < -0.3 is 15.0 Å². The first-order chi connectivity index (χ1) is 12.6. The van der Waals surface area contributed by atoms with E-state index in [0.29, 0.717) is 24.2 Å². The largest absolute Gasteiger partial charge is 0.497 e. The molecule has 1 heterocycles. The van der Waals surface area contributed by atoms with Crippen LogP contribution in [0.25, 0.3) is 0 Å². The van der Waals surface area contributed by atoms with Crippen molar-refractivity contribution in [2.75, 3.05) is 23.9 Å². The van der Waals surface area contributed by atoms with Gasteiger partial charge in [-0.1, -0.05) is 13.3 Å². The van der Waals surface area contributed by atoms with Gasteiger partial charge in [0, 0.05) is 29.9 Å². The van der Waals surface area contributed by atoms with Gasteiger partial charge in [0.05, 0.1) is 7.11 Å². The lowest BCUT2D eigenvalue weighted by Crippen LogP contribution is -2.35. The smallest absolute Gasteiger partial charge is 0.255 e. The number of aryl methyl sites for hydroxylation is 1. The summed E-state index contributed by atoms with van der Waals surface area (Å²) in [6, 6.07) is 12.8. The van der Waals surface area contributed by atoms with Crippen LogP contribution in [0.3, 0.4) is 0 Å². The minimum Gasteiger partial charge on any atom is -0.497 e. The van der Waals surface area contributed by atoms with Crippen LogP contribution >= 0.6 is 0 Å². The zero-order valence-corrected chi connectivity index (χ0v) is 15.2. The monoisotopic (exact) mass is 352 g/mol. The summed E-state index contributed by atoms with van der Waals surface area (Å²) in [7, 11) is 1.59. The van der Waals surface area contributed by atoms with E-state index in [1.54, 1.807) is 31.4 Å². The third-order valence-electron chi connectivity index (χ3n) is 4.62. The maximum absolute atomic E-state index is 12.4. The SMILES string of the molecule is CCCCN1C(=O)CCc2cc(NC(=O)c3ccc(OC)cc3)ccc21. The number of benzene rings is 2. The van der Waals surface area contributed by atoms with Crippen LogP contribution in [0.4, 0.5) is 11.4 Å². The van der Waals surface area contributed by atoms with Crippen molar-refractivity contribution in [3.05, 3.63) is 53.6 Å². The number of fused-ring (bicyclic) bond motifs is 1. The minimum atomic E-state index is -0.165. The Kier molecular flexibility index (Phi) is 5.56. The Morgan fingerprint density at radius 1 is 1.15 bits per heavy atom. The van der Waals surface area contributed by atoms with Crippen LogP contribution in [0.2, 0.25) is 0 Å². The molecule has 0 aromatic heterocycles. The number of hydrogen-bond donors (Lipinski definition) is 1. The first kappa shape index (κ1) is 18.0. The maximum atomic E-state index is 12.4. The second kappa shape index (κ2) is 8.04. The highest BCUT2D eigenvalue weighted by Gasteiger charge is 2.23. The molecule has 2 aromatic carbocycles. The van der Waals surface area contributed by atoms with E-state index in [2.05, 4.69) is 12.2 Å². The van der Waals surface area contributed by atoms with Crippen molar-refractivity contribution in [2.24, 2.45) is 0 Å². The Balaban J connectivity index is 1.75. The van der Waals surface area contributed by atoms with Crippen molar-refractivity contribution >= 4 is 23.2 Å². The molecule has 26 heavy (non-hydrogen) atoms. The quantitative estimate of drug-likeness (QED) is 0.854. The summed E-state index contributed by atoms with van der Waals surface area (Å²) in [5.74, 6) is 0.732. The van der Waals surface area contributed by atoms with E-state index in [9.17, 15) is 9.59 Å². The number of anilines is 2. The first-order valence-corrected chi connectivity index (χ1v) is 9.01. The van der Waals surface area contributed by atoms with Crippen molar-refractivity contribution in [1.82, 2.24) is 0 Å². The molecule has 0 aliphatic carbocycles. The van der Waals surface area contributed by atoms with Crippen molar-refractivity contribution in [3.63, 3.8) is 0 Å². The lowest BCUT2D eigenvalue weighted by atomic mass is 10.00. The topological polar surface area (TPSA) is 58.6 Å². The predicted molar refractivity (Wildman–Crippen MR) is 103 cm³/mol. The number of unbranched alkanes of at least 4 members (excludes halogenated alkanes) is 1. The molecule has 136 valence electrons. The zero-order chi connectivity index (χ0) is 18.5. The Hall–Kier alpha value is -2.82. The maximum Gasteiger partial charge on any atom is 0.255 e. The molecule has 0 fully saturated rings. The van der Waals surface area contributed by atoms with Gasteiger partial charge in [0.15, 0.2) is 0 Å². The van der Waals surface area contributed by atoms with Crippen LogP contribution in [-0.2, 0) is 11.2 Å². The van der Waals surface area contributed by atoms with Gasteiger partial charge in [-0.25, -0.2) is 0 Å². The number of nitrogens with one attached hydrogen (secondary N) is 1. The average molecular weight is 352 g/mol. The average Bonchev–Trinajstić information content (AvgIpc) is 2.67. The van der Waals surface area contributed by atoms with Crippen molar-refractivity contribution in [3.8, 4) is 5.75 Å². The van der Waals surface area contributed by atoms with Gasteiger partial charge in [-0.15, -0.1) is 0 Å². The van der Waals surface area contributed by atoms with Crippen molar-refractivity contribution < 1.29 is 14.3 Å². The molecular formula is C21H24N2O3. The number of ether oxygens (including phenoxy) is 1. The second-order valence-electron chi connectivity index (χ2n) is 6.43. The molecule has 2 aromatic rings. The van der Waals surface area contributed by atoms with E-state index in [0.717, 1.165) is 36.3 Å². The minimum absolute atomic E-state index is 0.165. The summed E-state index contributed by atoms with van der Waals surface area (Å²) in [5, 5.41) is 2.93. The van der Waals surface area contributed by atoms with E-state index in [1.807, 2.05) is 23.1 Å². The predicted octanol–water partition coefficient (Wildman–Crippen LogP) is 4.03. The van der Waals surface area contributed by atoms with Crippen LogP contribution in [0.5, 0.6) is 5.75 Å². The standard InChI is InChI=1S/C21H24N2O3/c1-3-4-13-23-19-11-8-17(14-16(19)7-12-20(23)24)22-21(25)15-5-9-18(26-2)10-6-15/h5-6,8-11,14H,3-4,7,12-13H2,1-2H3,(H,22,25). The summed E-state index contributed by atoms with van der Waals surface area (Å²) in [5.41, 5.74) is 3.39. The third-order valence-corrected chi connectivity index (χ3v) is 4.62. The van der Waals surface area contributed by atoms with E-state index in [-0.39, 0.29) is 11.8 Å². The molecule has 0 saturated carbocycles. The highest BCUT2D eigenvalue weighted by atomic mass is 16.5. The summed E-state index contributed by atoms with van der Waals surface area (Å²) < 4.78 is 5.11. The van der Waals surface area contributed by atoms with Crippen LogP contribution in [0.15, 0.2) is 42.5 Å². The number of rotatable bonds is 6. The molecule has 0 radical (unpaired) electrons. The molecule has 2 amide bonds. The summed E-state index contributed by atoms with van der Waals surface area (Å²) >= 11 is 0. The fraction of sp³-hybridized carbons (Fsp3) is 0.333. The summed E-state index contributed by atoms with van der Waals surface area (Å²) in [6.07, 6.45) is 3.27. The molecule has 0 atom stereocenters. The molecular weight excluding hydrogens is 328 g/mol. The number of carbonyl (C=O) groups is 2. The zero-order valence-electron chi connectivity index (χ0n) is 15.2. The van der Waals surface area contributed by atoms with E-state index < -0.39 is 0 Å². The fourth-order valence-electron chi connectivity index (χ4n) is 3.14. The lowest BCUT2D eigenvalue weighted by molar-refractivity contribution is -0.118. The Labute approximate surface area is 154 Å². The highest BCUT2D eigenvalue weighted by Crippen LogP contribution is 2.30. The molecule has 0 unspecified atom stereocenters. The molecule has 0 bridgehead atoms. The Bertz CT molecular complexity index is 799. The molecule has 1 N–H and O–H groups in total. The van der Waals surface area contributed by atoms with Crippen LogP contribution < -0.4 is 15.0 Å². The van der Waals surface area contributed by atoms with Gasteiger partial charge in [-0.05, 0) is 60.9 Å². The van der Waals surface area contributed by atoms with E-state index in [4.69, 9.17) is 4.74 Å². The van der Waals surface area contributed by atoms with Gasteiger partial charge >= 0.3 is 0 Å². The normalized spacial score (nSPS) is 13.3. The fourth-order valence-corrected chi connectivity index (χ4v) is 3.14.